The van der Waals surface area contributed by atoms with Crippen molar-refractivity contribution in [2.45, 2.75) is 24.9 Å². The Hall–Kier alpha value is -2.64. The summed E-state index contributed by atoms with van der Waals surface area (Å²) in [6.45, 7) is 3.83. The number of ether oxygens (including phenoxy) is 2. The second-order valence-electron chi connectivity index (χ2n) is 7.39. The molecule has 2 aliphatic rings. The topological polar surface area (TPSA) is 57.3 Å². The molecule has 4 heterocycles. The van der Waals surface area contributed by atoms with Gasteiger partial charge in [-0.1, -0.05) is 0 Å². The molecule has 7 heteroatoms. The number of aromatic nitrogens is 4. The van der Waals surface area contributed by atoms with Gasteiger partial charge in [0.05, 0.1) is 32.4 Å². The highest BCUT2D eigenvalue weighted by molar-refractivity contribution is 5.52. The molecule has 5 rings (SSSR count). The molecule has 146 valence electrons. The van der Waals surface area contributed by atoms with E-state index in [4.69, 9.17) is 9.47 Å². The van der Waals surface area contributed by atoms with Crippen molar-refractivity contribution in [1.82, 2.24) is 24.0 Å². The molecule has 7 nitrogen and oxygen atoms in total. The fraction of sp³-hybridized carbons (Fsp3) is 0.429. The monoisotopic (exact) mass is 379 g/mol. The van der Waals surface area contributed by atoms with Gasteiger partial charge in [0.2, 0.25) is 0 Å². The average molecular weight is 379 g/mol. The first-order chi connectivity index (χ1) is 13.8. The Morgan fingerprint density at radius 2 is 1.64 bits per heavy atom. The van der Waals surface area contributed by atoms with Crippen molar-refractivity contribution in [3.8, 4) is 23.1 Å². The zero-order valence-electron chi connectivity index (χ0n) is 16.1. The molecule has 1 aromatic carbocycles. The molecular weight excluding hydrogens is 354 g/mol. The van der Waals surface area contributed by atoms with E-state index in [0.29, 0.717) is 12.6 Å². The summed E-state index contributed by atoms with van der Waals surface area (Å²) < 4.78 is 15.5. The van der Waals surface area contributed by atoms with Crippen LogP contribution < -0.4 is 4.74 Å². The summed E-state index contributed by atoms with van der Waals surface area (Å²) in [5, 5.41) is 0. The van der Waals surface area contributed by atoms with Crippen LogP contribution in [0.15, 0.2) is 49.1 Å². The molecule has 2 aromatic heterocycles. The van der Waals surface area contributed by atoms with E-state index < -0.39 is 0 Å². The fourth-order valence-corrected chi connectivity index (χ4v) is 4.39. The van der Waals surface area contributed by atoms with E-state index in [1.165, 1.54) is 12.8 Å². The van der Waals surface area contributed by atoms with Crippen molar-refractivity contribution in [3.63, 3.8) is 0 Å². The highest BCUT2D eigenvalue weighted by Gasteiger charge is 2.36. The number of methoxy groups -OCH3 is 1. The summed E-state index contributed by atoms with van der Waals surface area (Å²) >= 11 is 0. The zero-order valence-corrected chi connectivity index (χ0v) is 16.1. The number of hydrogen-bond acceptors (Lipinski definition) is 5. The van der Waals surface area contributed by atoms with Crippen LogP contribution >= 0.6 is 0 Å². The van der Waals surface area contributed by atoms with Gasteiger partial charge in [0, 0.05) is 30.5 Å². The maximum atomic E-state index is 5.89. The SMILES string of the molecule is COc1ccc(-n2ccnc2-c2nccn2[C@@H]2COC[C@H]2N2CCCC2)cc1. The summed E-state index contributed by atoms with van der Waals surface area (Å²) in [6.07, 6.45) is 10.3. The zero-order chi connectivity index (χ0) is 18.9. The number of benzene rings is 1. The van der Waals surface area contributed by atoms with Crippen molar-refractivity contribution < 1.29 is 9.47 Å². The van der Waals surface area contributed by atoms with E-state index in [-0.39, 0.29) is 6.04 Å². The highest BCUT2D eigenvalue weighted by Crippen LogP contribution is 2.31. The first kappa shape index (κ1) is 17.5. The molecule has 0 N–H and O–H groups in total. The maximum absolute atomic E-state index is 5.89. The Balaban J connectivity index is 1.49. The first-order valence-electron chi connectivity index (χ1n) is 9.88. The molecule has 3 aromatic rings. The van der Waals surface area contributed by atoms with E-state index in [2.05, 4.69) is 30.2 Å². The van der Waals surface area contributed by atoms with Crippen LogP contribution in [0.25, 0.3) is 17.3 Å². The van der Waals surface area contributed by atoms with Crippen molar-refractivity contribution >= 4 is 0 Å². The number of rotatable bonds is 5. The molecule has 2 atom stereocenters. The Kier molecular flexibility index (Phi) is 4.62. The van der Waals surface area contributed by atoms with Crippen molar-refractivity contribution in [3.05, 3.63) is 49.1 Å². The van der Waals surface area contributed by atoms with Gasteiger partial charge in [-0.05, 0) is 50.2 Å². The maximum Gasteiger partial charge on any atom is 0.181 e. The number of imidazole rings is 2. The Bertz CT molecular complexity index is 926. The van der Waals surface area contributed by atoms with Gasteiger partial charge in [-0.25, -0.2) is 9.97 Å². The molecule has 0 unspecified atom stereocenters. The molecule has 0 spiro atoms. The average Bonchev–Trinajstić information content (AvgIpc) is 3.53. The van der Waals surface area contributed by atoms with Gasteiger partial charge in [-0.2, -0.15) is 0 Å². The number of nitrogens with zero attached hydrogens (tertiary/aromatic N) is 5. The summed E-state index contributed by atoms with van der Waals surface area (Å²) in [4.78, 5) is 11.9. The lowest BCUT2D eigenvalue weighted by Crippen LogP contribution is -2.39. The van der Waals surface area contributed by atoms with Gasteiger partial charge < -0.3 is 14.0 Å². The molecule has 0 radical (unpaired) electrons. The molecule has 0 saturated carbocycles. The highest BCUT2D eigenvalue weighted by atomic mass is 16.5. The minimum Gasteiger partial charge on any atom is -0.497 e. The van der Waals surface area contributed by atoms with Crippen molar-refractivity contribution in [1.29, 1.82) is 0 Å². The first-order valence-corrected chi connectivity index (χ1v) is 9.88. The molecule has 0 bridgehead atoms. The molecule has 0 amide bonds. The Morgan fingerprint density at radius 3 is 2.43 bits per heavy atom. The van der Waals surface area contributed by atoms with E-state index >= 15 is 0 Å². The van der Waals surface area contributed by atoms with E-state index in [1.807, 2.05) is 42.9 Å². The van der Waals surface area contributed by atoms with Crippen LogP contribution in [-0.4, -0.2) is 63.5 Å². The minimum atomic E-state index is 0.261. The summed E-state index contributed by atoms with van der Waals surface area (Å²) in [7, 11) is 1.68. The third kappa shape index (κ3) is 3.00. The largest absolute Gasteiger partial charge is 0.497 e. The van der Waals surface area contributed by atoms with Gasteiger partial charge in [-0.3, -0.25) is 9.47 Å². The number of hydrogen-bond donors (Lipinski definition) is 0. The predicted molar refractivity (Wildman–Crippen MR) is 106 cm³/mol. The van der Waals surface area contributed by atoms with Gasteiger partial charge in [0.15, 0.2) is 11.6 Å². The van der Waals surface area contributed by atoms with Crippen LogP contribution in [0.2, 0.25) is 0 Å². The third-order valence-corrected chi connectivity index (χ3v) is 5.85. The lowest BCUT2D eigenvalue weighted by atomic mass is 10.1. The van der Waals surface area contributed by atoms with Crippen LogP contribution in [0.1, 0.15) is 18.9 Å². The summed E-state index contributed by atoms with van der Waals surface area (Å²) in [6, 6.07) is 8.64. The van der Waals surface area contributed by atoms with Crippen molar-refractivity contribution in [2.24, 2.45) is 0 Å². The van der Waals surface area contributed by atoms with Gasteiger partial charge >= 0.3 is 0 Å². The quantitative estimate of drug-likeness (QED) is 0.682. The summed E-state index contributed by atoms with van der Waals surface area (Å²) in [5.41, 5.74) is 1.03. The van der Waals surface area contributed by atoms with Crippen LogP contribution in [0.3, 0.4) is 0 Å². The molecule has 0 aliphatic carbocycles. The predicted octanol–water partition coefficient (Wildman–Crippen LogP) is 2.78. The second kappa shape index (κ2) is 7.41. The van der Waals surface area contributed by atoms with E-state index in [1.54, 1.807) is 7.11 Å². The van der Waals surface area contributed by atoms with Gasteiger partial charge in [0.25, 0.3) is 0 Å². The fourth-order valence-electron chi connectivity index (χ4n) is 4.39. The summed E-state index contributed by atoms with van der Waals surface area (Å²) in [5.74, 6) is 2.55. The Labute approximate surface area is 164 Å². The number of likely N-dealkylation sites (tertiary alicyclic amines) is 1. The Morgan fingerprint density at radius 1 is 0.929 bits per heavy atom. The van der Waals surface area contributed by atoms with E-state index in [9.17, 15) is 0 Å². The molecule has 2 saturated heterocycles. The standard InChI is InChI=1S/C21H25N5O2/c1-27-17-6-4-16(5-7-17)25-12-8-22-20(25)21-23-9-13-26(21)19-15-28-14-18(19)24-10-2-3-11-24/h4-9,12-13,18-19H,2-3,10-11,14-15H2,1H3/t18-,19-/m1/s1. The molecule has 2 aliphatic heterocycles. The van der Waals surface area contributed by atoms with E-state index in [0.717, 1.165) is 42.8 Å². The lowest BCUT2D eigenvalue weighted by Gasteiger charge is -2.29. The lowest BCUT2D eigenvalue weighted by molar-refractivity contribution is 0.158. The second-order valence-corrected chi connectivity index (χ2v) is 7.39. The minimum absolute atomic E-state index is 0.261. The molecular formula is C21H25N5O2. The van der Waals surface area contributed by atoms with Crippen LogP contribution in [0, 0.1) is 0 Å². The molecule has 2 fully saturated rings. The van der Waals surface area contributed by atoms with Crippen molar-refractivity contribution in [2.75, 3.05) is 33.4 Å². The van der Waals surface area contributed by atoms with Crippen LogP contribution in [-0.2, 0) is 4.74 Å². The van der Waals surface area contributed by atoms with Gasteiger partial charge in [-0.15, -0.1) is 0 Å². The van der Waals surface area contributed by atoms with Crippen LogP contribution in [0.4, 0.5) is 0 Å². The van der Waals surface area contributed by atoms with Gasteiger partial charge in [0.1, 0.15) is 5.75 Å². The molecule has 28 heavy (non-hydrogen) atoms. The normalized spacial score (nSPS) is 22.8. The third-order valence-electron chi connectivity index (χ3n) is 5.85. The van der Waals surface area contributed by atoms with Crippen LogP contribution in [0.5, 0.6) is 5.75 Å². The smallest absolute Gasteiger partial charge is 0.181 e.